The predicted octanol–water partition coefficient (Wildman–Crippen LogP) is 4.71. The van der Waals surface area contributed by atoms with Crippen molar-refractivity contribution in [3.05, 3.63) is 45.3 Å². The van der Waals surface area contributed by atoms with Gasteiger partial charge in [0, 0.05) is 15.6 Å². The van der Waals surface area contributed by atoms with Crippen LogP contribution in [0, 0.1) is 0 Å². The van der Waals surface area contributed by atoms with E-state index < -0.39 is 12.0 Å². The molecule has 1 aromatic heterocycles. The molecule has 24 heavy (non-hydrogen) atoms. The minimum Gasteiger partial charge on any atom is -0.465 e. The first kappa shape index (κ1) is 16.8. The summed E-state index contributed by atoms with van der Waals surface area (Å²) in [6, 6.07) is 6.41. The van der Waals surface area contributed by atoms with Gasteiger partial charge in [0.2, 0.25) is 0 Å². The molecule has 3 rings (SSSR count). The van der Waals surface area contributed by atoms with Gasteiger partial charge in [0.1, 0.15) is 5.00 Å². The van der Waals surface area contributed by atoms with E-state index in [4.69, 9.17) is 16.3 Å². The normalized spacial score (nSPS) is 13.1. The summed E-state index contributed by atoms with van der Waals surface area (Å²) < 4.78 is 4.90. The van der Waals surface area contributed by atoms with Gasteiger partial charge in [0.25, 0.3) is 0 Å². The number of ether oxygens (including phenoxy) is 1. The van der Waals surface area contributed by atoms with E-state index in [2.05, 4.69) is 10.6 Å². The smallest absolute Gasteiger partial charge is 0.341 e. The van der Waals surface area contributed by atoms with Gasteiger partial charge in [-0.15, -0.1) is 11.3 Å². The van der Waals surface area contributed by atoms with Gasteiger partial charge in [-0.2, -0.15) is 0 Å². The van der Waals surface area contributed by atoms with Crippen LogP contribution < -0.4 is 10.6 Å². The zero-order valence-electron chi connectivity index (χ0n) is 13.1. The average Bonchev–Trinajstić information content (AvgIpc) is 2.94. The third kappa shape index (κ3) is 3.55. The first-order valence-electron chi connectivity index (χ1n) is 7.65. The lowest BCUT2D eigenvalue weighted by Crippen LogP contribution is -2.20. The minimum absolute atomic E-state index is 0.402. The van der Waals surface area contributed by atoms with Crippen molar-refractivity contribution >= 4 is 45.6 Å². The zero-order chi connectivity index (χ0) is 17.1. The third-order valence-corrected chi connectivity index (χ3v) is 5.35. The Kier molecular flexibility index (Phi) is 5.06. The van der Waals surface area contributed by atoms with Crippen molar-refractivity contribution in [2.24, 2.45) is 0 Å². The zero-order valence-corrected chi connectivity index (χ0v) is 14.7. The van der Waals surface area contributed by atoms with Gasteiger partial charge in [-0.25, -0.2) is 9.59 Å². The molecule has 0 spiro atoms. The monoisotopic (exact) mass is 364 g/mol. The van der Waals surface area contributed by atoms with Crippen LogP contribution in [0.15, 0.2) is 24.3 Å². The molecule has 0 radical (unpaired) electrons. The van der Waals surface area contributed by atoms with E-state index >= 15 is 0 Å². The van der Waals surface area contributed by atoms with Crippen LogP contribution >= 0.6 is 22.9 Å². The maximum Gasteiger partial charge on any atom is 0.341 e. The number of carbonyl (C=O) groups excluding carboxylic acids is 2. The van der Waals surface area contributed by atoms with Gasteiger partial charge in [-0.05, 0) is 55.5 Å². The highest BCUT2D eigenvalue weighted by Gasteiger charge is 2.26. The molecule has 0 atom stereocenters. The Balaban J connectivity index is 1.81. The molecular formula is C17H17ClN2O3S. The molecule has 1 heterocycles. The molecule has 7 heteroatoms. The molecule has 2 aromatic rings. The number of hydrogen-bond acceptors (Lipinski definition) is 4. The van der Waals surface area contributed by atoms with E-state index in [1.807, 2.05) is 0 Å². The van der Waals surface area contributed by atoms with Crippen LogP contribution in [0.2, 0.25) is 5.02 Å². The lowest BCUT2D eigenvalue weighted by Gasteiger charge is -2.12. The van der Waals surface area contributed by atoms with Gasteiger partial charge < -0.3 is 10.1 Å². The lowest BCUT2D eigenvalue weighted by molar-refractivity contribution is 0.0601. The summed E-state index contributed by atoms with van der Waals surface area (Å²) >= 11 is 7.28. The fourth-order valence-electron chi connectivity index (χ4n) is 2.77. The second-order valence-electron chi connectivity index (χ2n) is 5.49. The minimum atomic E-state index is -0.406. The molecule has 126 valence electrons. The Labute approximate surface area is 149 Å². The molecular weight excluding hydrogens is 348 g/mol. The molecule has 1 aromatic carbocycles. The molecule has 0 bridgehead atoms. The number of rotatable bonds is 3. The predicted molar refractivity (Wildman–Crippen MR) is 96.4 cm³/mol. The van der Waals surface area contributed by atoms with E-state index in [9.17, 15) is 9.59 Å². The van der Waals surface area contributed by atoms with Gasteiger partial charge in [0.05, 0.1) is 12.7 Å². The highest BCUT2D eigenvalue weighted by atomic mass is 35.5. The van der Waals surface area contributed by atoms with Crippen molar-refractivity contribution in [3.63, 3.8) is 0 Å². The van der Waals surface area contributed by atoms with Crippen LogP contribution in [0.1, 0.15) is 33.6 Å². The van der Waals surface area contributed by atoms with Crippen LogP contribution in [0.25, 0.3) is 0 Å². The van der Waals surface area contributed by atoms with Crippen LogP contribution in [0.3, 0.4) is 0 Å². The Morgan fingerprint density at radius 2 is 1.83 bits per heavy atom. The molecule has 1 aliphatic carbocycles. The Bertz CT molecular complexity index is 771. The summed E-state index contributed by atoms with van der Waals surface area (Å²) in [5.41, 5.74) is 2.13. The molecule has 0 saturated heterocycles. The number of amides is 2. The molecule has 5 nitrogen and oxygen atoms in total. The number of urea groups is 1. The number of hydrogen-bond donors (Lipinski definition) is 2. The summed E-state index contributed by atoms with van der Waals surface area (Å²) in [5, 5.41) is 6.65. The maximum atomic E-state index is 12.2. The second kappa shape index (κ2) is 7.23. The van der Waals surface area contributed by atoms with Gasteiger partial charge in [-0.3, -0.25) is 5.32 Å². The number of carbonyl (C=O) groups is 2. The van der Waals surface area contributed by atoms with E-state index in [0.29, 0.717) is 21.3 Å². The Morgan fingerprint density at radius 3 is 2.54 bits per heavy atom. The molecule has 2 amide bonds. The molecule has 0 fully saturated rings. The number of thiophene rings is 1. The fourth-order valence-corrected chi connectivity index (χ4v) is 4.17. The van der Waals surface area contributed by atoms with E-state index in [0.717, 1.165) is 36.1 Å². The number of nitrogens with one attached hydrogen (secondary N) is 2. The fraction of sp³-hybridized carbons (Fsp3) is 0.294. The van der Waals surface area contributed by atoms with Crippen LogP contribution in [-0.4, -0.2) is 19.1 Å². The largest absolute Gasteiger partial charge is 0.465 e. The van der Waals surface area contributed by atoms with E-state index in [-0.39, 0.29) is 0 Å². The molecule has 2 N–H and O–H groups in total. The van der Waals surface area contributed by atoms with Crippen molar-refractivity contribution in [1.82, 2.24) is 0 Å². The number of aryl methyl sites for hydroxylation is 1. The number of esters is 1. The first-order valence-corrected chi connectivity index (χ1v) is 8.84. The Hall–Kier alpha value is -2.05. The number of halogens is 1. The van der Waals surface area contributed by atoms with Crippen LogP contribution in [-0.2, 0) is 17.6 Å². The van der Waals surface area contributed by atoms with Crippen LogP contribution in [0.5, 0.6) is 0 Å². The molecule has 1 aliphatic rings. The van der Waals surface area contributed by atoms with Crippen molar-refractivity contribution in [2.75, 3.05) is 17.7 Å². The Morgan fingerprint density at radius 1 is 1.12 bits per heavy atom. The average molecular weight is 365 g/mol. The van der Waals surface area contributed by atoms with Gasteiger partial charge >= 0.3 is 12.0 Å². The van der Waals surface area contributed by atoms with Crippen molar-refractivity contribution in [3.8, 4) is 0 Å². The van der Waals surface area contributed by atoms with Crippen LogP contribution in [0.4, 0.5) is 15.5 Å². The number of methoxy groups -OCH3 is 1. The quantitative estimate of drug-likeness (QED) is 0.775. The highest BCUT2D eigenvalue weighted by molar-refractivity contribution is 7.17. The molecule has 0 unspecified atom stereocenters. The summed E-state index contributed by atoms with van der Waals surface area (Å²) in [5.74, 6) is -0.406. The third-order valence-electron chi connectivity index (χ3n) is 3.89. The summed E-state index contributed by atoms with van der Waals surface area (Å²) in [6.45, 7) is 0. The second-order valence-corrected chi connectivity index (χ2v) is 7.03. The molecule has 0 aliphatic heterocycles. The highest BCUT2D eigenvalue weighted by Crippen LogP contribution is 2.38. The number of anilines is 2. The summed E-state index contributed by atoms with van der Waals surface area (Å²) in [7, 11) is 1.35. The summed E-state index contributed by atoms with van der Waals surface area (Å²) in [6.07, 6.45) is 3.93. The lowest BCUT2D eigenvalue weighted by atomic mass is 9.95. The molecule has 0 saturated carbocycles. The van der Waals surface area contributed by atoms with Crippen molar-refractivity contribution in [1.29, 1.82) is 0 Å². The number of fused-ring (bicyclic) bond motifs is 1. The van der Waals surface area contributed by atoms with E-state index in [1.54, 1.807) is 24.3 Å². The van der Waals surface area contributed by atoms with Gasteiger partial charge in [0.15, 0.2) is 0 Å². The topological polar surface area (TPSA) is 67.4 Å². The summed E-state index contributed by atoms with van der Waals surface area (Å²) in [4.78, 5) is 25.5. The van der Waals surface area contributed by atoms with Crippen molar-refractivity contribution < 1.29 is 14.3 Å². The van der Waals surface area contributed by atoms with Gasteiger partial charge in [-0.1, -0.05) is 11.6 Å². The first-order chi connectivity index (χ1) is 11.6. The van der Waals surface area contributed by atoms with Crippen molar-refractivity contribution in [2.45, 2.75) is 25.7 Å². The van der Waals surface area contributed by atoms with E-state index in [1.165, 1.54) is 18.4 Å². The SMILES string of the molecule is COC(=O)c1c(NC(=O)Nc2ccc(Cl)cc2)sc2c1CCCC2. The maximum absolute atomic E-state index is 12.2. The number of benzene rings is 1. The standard InChI is InChI=1S/C17H17ClN2O3S/c1-23-16(21)14-12-4-2-3-5-13(12)24-15(14)20-17(22)19-11-8-6-10(18)7-9-11/h6-9H,2-5H2,1H3,(H2,19,20,22).